The van der Waals surface area contributed by atoms with Crippen LogP contribution in [-0.4, -0.2) is 24.0 Å². The third kappa shape index (κ3) is 15.0. The van der Waals surface area contributed by atoms with Gasteiger partial charge in [0.15, 0.2) is 0 Å². The lowest BCUT2D eigenvalue weighted by molar-refractivity contribution is -0.110. The highest BCUT2D eigenvalue weighted by atomic mass is 35.5. The van der Waals surface area contributed by atoms with E-state index in [1.165, 1.54) is 103 Å². The Morgan fingerprint density at radius 2 is 1.21 bits per heavy atom. The smallest absolute Gasteiger partial charge is 0.208 e. The van der Waals surface area contributed by atoms with E-state index in [2.05, 4.69) is 23.3 Å². The molecule has 0 aliphatic carbocycles. The Kier molecular flexibility index (Phi) is 20.1. The van der Waals surface area contributed by atoms with Gasteiger partial charge in [-0.1, -0.05) is 109 Å². The highest BCUT2D eigenvalue weighted by molar-refractivity contribution is 5.85. The van der Waals surface area contributed by atoms with Crippen LogP contribution >= 0.6 is 12.4 Å². The first kappa shape index (κ1) is 27.0. The van der Waals surface area contributed by atoms with Gasteiger partial charge in [-0.2, -0.15) is 0 Å². The molecule has 0 bridgehead atoms. The van der Waals surface area contributed by atoms with Gasteiger partial charge in [-0.05, 0) is 18.6 Å². The largest absolute Gasteiger partial charge is 0.354 e. The maximum atomic E-state index is 10.6. The summed E-state index contributed by atoms with van der Waals surface area (Å²) in [6, 6.07) is 0. The van der Waals surface area contributed by atoms with Crippen LogP contribution in [0.2, 0.25) is 0 Å². The number of carbonyl (C=O) groups is 1. The monoisotopic (exact) mass is 412 g/mol. The molecule has 28 heavy (non-hydrogen) atoms. The highest BCUT2D eigenvalue weighted by Crippen LogP contribution is 2.14. The number of halogens is 1. The molecule has 1 rings (SSSR count). The standard InChI is InChI=1S/C24H44N2O.ClH/c1-2-3-4-5-6-7-8-9-10-11-12-13-14-15-16-18-21-26-22-19-17-20-24(26)25-23-27;/h17,19-20,22-24H,2-16,18,21H2,1H3,(H,25,27);1H. The van der Waals surface area contributed by atoms with Gasteiger partial charge in [0.05, 0.1) is 0 Å². The molecule has 0 saturated heterocycles. The van der Waals surface area contributed by atoms with Crippen LogP contribution in [0.5, 0.6) is 0 Å². The summed E-state index contributed by atoms with van der Waals surface area (Å²) in [5, 5.41) is 2.85. The SMILES string of the molecule is CCCCCCCCCCCCCCCCCCN1C=CC=CC1NC=O.Cl. The predicted octanol–water partition coefficient (Wildman–Crippen LogP) is 7.13. The second-order valence-electron chi connectivity index (χ2n) is 8.00. The second-order valence-corrected chi connectivity index (χ2v) is 8.00. The van der Waals surface area contributed by atoms with Gasteiger partial charge in [0.1, 0.15) is 6.17 Å². The zero-order chi connectivity index (χ0) is 19.4. The molecule has 164 valence electrons. The van der Waals surface area contributed by atoms with E-state index < -0.39 is 0 Å². The minimum absolute atomic E-state index is 0. The van der Waals surface area contributed by atoms with Crippen LogP contribution in [-0.2, 0) is 4.79 Å². The van der Waals surface area contributed by atoms with Crippen molar-refractivity contribution in [3.63, 3.8) is 0 Å². The van der Waals surface area contributed by atoms with Crippen molar-refractivity contribution in [2.45, 2.75) is 116 Å². The van der Waals surface area contributed by atoms with Crippen molar-refractivity contribution in [3.05, 3.63) is 24.4 Å². The number of nitrogens with zero attached hydrogens (tertiary/aromatic N) is 1. The van der Waals surface area contributed by atoms with Gasteiger partial charge in [-0.25, -0.2) is 0 Å². The van der Waals surface area contributed by atoms with Crippen LogP contribution in [0.1, 0.15) is 110 Å². The van der Waals surface area contributed by atoms with Gasteiger partial charge in [-0.15, -0.1) is 12.4 Å². The van der Waals surface area contributed by atoms with Crippen molar-refractivity contribution < 1.29 is 4.79 Å². The zero-order valence-electron chi connectivity index (χ0n) is 18.2. The van der Waals surface area contributed by atoms with Crippen molar-refractivity contribution in [2.75, 3.05) is 6.54 Å². The molecule has 1 unspecified atom stereocenters. The van der Waals surface area contributed by atoms with Crippen LogP contribution in [0.15, 0.2) is 24.4 Å². The quantitative estimate of drug-likeness (QED) is 0.181. The van der Waals surface area contributed by atoms with Gasteiger partial charge < -0.3 is 10.2 Å². The lowest BCUT2D eigenvalue weighted by Crippen LogP contribution is -2.42. The molecular weight excluding hydrogens is 368 g/mol. The number of unbranched alkanes of at least 4 members (excludes halogenated alkanes) is 15. The van der Waals surface area contributed by atoms with E-state index in [0.717, 1.165) is 13.0 Å². The molecule has 1 atom stereocenters. The van der Waals surface area contributed by atoms with Gasteiger partial charge in [0.2, 0.25) is 6.41 Å². The van der Waals surface area contributed by atoms with Gasteiger partial charge in [-0.3, -0.25) is 4.79 Å². The number of carbonyl (C=O) groups excluding carboxylic acids is 1. The Labute approximate surface area is 180 Å². The normalized spacial score (nSPS) is 15.5. The van der Waals surface area contributed by atoms with E-state index in [1.807, 2.05) is 18.2 Å². The molecule has 1 N–H and O–H groups in total. The maximum Gasteiger partial charge on any atom is 0.208 e. The molecule has 0 aromatic heterocycles. The number of rotatable bonds is 19. The molecule has 0 spiro atoms. The van der Waals surface area contributed by atoms with E-state index in [9.17, 15) is 4.79 Å². The Bertz CT molecular complexity index is 398. The van der Waals surface area contributed by atoms with Crippen molar-refractivity contribution in [2.24, 2.45) is 0 Å². The summed E-state index contributed by atoms with van der Waals surface area (Å²) < 4.78 is 0. The average Bonchev–Trinajstić information content (AvgIpc) is 2.69. The van der Waals surface area contributed by atoms with E-state index in [-0.39, 0.29) is 18.6 Å². The fourth-order valence-electron chi connectivity index (χ4n) is 3.81. The van der Waals surface area contributed by atoms with Crippen LogP contribution in [0.25, 0.3) is 0 Å². The first-order valence-electron chi connectivity index (χ1n) is 11.7. The number of amides is 1. The molecule has 3 nitrogen and oxygen atoms in total. The summed E-state index contributed by atoms with van der Waals surface area (Å²) in [5.41, 5.74) is 0. The average molecular weight is 413 g/mol. The molecule has 1 aliphatic rings. The molecule has 0 saturated carbocycles. The lowest BCUT2D eigenvalue weighted by atomic mass is 10.0. The second kappa shape index (κ2) is 20.8. The Morgan fingerprint density at radius 1 is 0.750 bits per heavy atom. The molecule has 1 aliphatic heterocycles. The first-order valence-corrected chi connectivity index (χ1v) is 11.7. The van der Waals surface area contributed by atoms with Gasteiger partial charge in [0.25, 0.3) is 0 Å². The molecule has 4 heteroatoms. The molecule has 0 fully saturated rings. The molecule has 1 amide bonds. The summed E-state index contributed by atoms with van der Waals surface area (Å²) >= 11 is 0. The van der Waals surface area contributed by atoms with Crippen molar-refractivity contribution in [3.8, 4) is 0 Å². The summed E-state index contributed by atoms with van der Waals surface area (Å²) in [4.78, 5) is 12.9. The third-order valence-corrected chi connectivity index (χ3v) is 5.55. The fourth-order valence-corrected chi connectivity index (χ4v) is 3.81. The third-order valence-electron chi connectivity index (χ3n) is 5.55. The summed E-state index contributed by atoms with van der Waals surface area (Å²) in [7, 11) is 0. The predicted molar refractivity (Wildman–Crippen MR) is 125 cm³/mol. The summed E-state index contributed by atoms with van der Waals surface area (Å²) in [5.74, 6) is 0. The molecule has 0 aromatic rings. The van der Waals surface area contributed by atoms with Crippen molar-refractivity contribution >= 4 is 18.8 Å². The number of hydrogen-bond donors (Lipinski definition) is 1. The van der Waals surface area contributed by atoms with Crippen LogP contribution < -0.4 is 5.32 Å². The molecular formula is C24H45ClN2O. The molecule has 1 heterocycles. The van der Waals surface area contributed by atoms with Gasteiger partial charge in [0, 0.05) is 12.7 Å². The van der Waals surface area contributed by atoms with Crippen molar-refractivity contribution in [1.29, 1.82) is 0 Å². The zero-order valence-corrected chi connectivity index (χ0v) is 19.1. The highest BCUT2D eigenvalue weighted by Gasteiger charge is 2.12. The number of nitrogens with one attached hydrogen (secondary N) is 1. The minimum atomic E-state index is 0. The van der Waals surface area contributed by atoms with E-state index in [4.69, 9.17) is 0 Å². The summed E-state index contributed by atoms with van der Waals surface area (Å²) in [6.07, 6.45) is 31.3. The van der Waals surface area contributed by atoms with Crippen molar-refractivity contribution in [1.82, 2.24) is 10.2 Å². The van der Waals surface area contributed by atoms with Crippen LogP contribution in [0.3, 0.4) is 0 Å². The number of allylic oxidation sites excluding steroid dienone is 2. The lowest BCUT2D eigenvalue weighted by Gasteiger charge is -2.29. The molecule has 0 radical (unpaired) electrons. The Hall–Kier alpha value is -0.960. The summed E-state index contributed by atoms with van der Waals surface area (Å²) in [6.45, 7) is 3.31. The number of hydrogen-bond acceptors (Lipinski definition) is 2. The molecule has 0 aromatic carbocycles. The van der Waals surface area contributed by atoms with E-state index >= 15 is 0 Å². The first-order chi connectivity index (χ1) is 13.4. The van der Waals surface area contributed by atoms with E-state index in [1.54, 1.807) is 0 Å². The van der Waals surface area contributed by atoms with E-state index in [0.29, 0.717) is 0 Å². The van der Waals surface area contributed by atoms with Gasteiger partial charge >= 0.3 is 0 Å². The maximum absolute atomic E-state index is 10.6. The Balaban J connectivity index is 0.00000729. The van der Waals surface area contributed by atoms with Crippen LogP contribution in [0, 0.1) is 0 Å². The fraction of sp³-hybridized carbons (Fsp3) is 0.792. The van der Waals surface area contributed by atoms with Crippen LogP contribution in [0.4, 0.5) is 0 Å². The minimum Gasteiger partial charge on any atom is -0.354 e. The Morgan fingerprint density at radius 3 is 1.68 bits per heavy atom. The topological polar surface area (TPSA) is 32.3 Å².